The lowest BCUT2D eigenvalue weighted by Gasteiger charge is -2.33. The van der Waals surface area contributed by atoms with Crippen LogP contribution >= 0.6 is 0 Å². The van der Waals surface area contributed by atoms with E-state index in [9.17, 15) is 4.79 Å². The average molecular weight is 367 g/mol. The Morgan fingerprint density at radius 3 is 2.41 bits per heavy atom. The van der Waals surface area contributed by atoms with Crippen LogP contribution in [0.2, 0.25) is 0 Å². The van der Waals surface area contributed by atoms with Crippen molar-refractivity contribution in [2.75, 3.05) is 18.4 Å². The number of rotatable bonds is 7. The first-order valence-corrected chi connectivity index (χ1v) is 10.1. The first kappa shape index (κ1) is 19.4. The van der Waals surface area contributed by atoms with E-state index in [1.807, 2.05) is 42.5 Å². The molecule has 1 aliphatic rings. The lowest BCUT2D eigenvalue weighted by atomic mass is 9.94. The number of anilines is 1. The Hall–Kier alpha value is -2.33. The van der Waals surface area contributed by atoms with Gasteiger partial charge in [0.05, 0.1) is 0 Å². The number of likely N-dealkylation sites (N-methyl/N-ethyl adjacent to an activating group) is 1. The number of benzene rings is 2. The highest BCUT2D eigenvalue weighted by Gasteiger charge is 2.19. The number of carbonyl (C=O) groups excluding carboxylic acids is 1. The van der Waals surface area contributed by atoms with Crippen molar-refractivity contribution in [2.45, 2.75) is 51.5 Å². The van der Waals surface area contributed by atoms with Crippen molar-refractivity contribution in [2.24, 2.45) is 0 Å². The smallest absolute Gasteiger partial charge is 0.410 e. The second-order valence-electron chi connectivity index (χ2n) is 7.19. The number of nitrogens with zero attached hydrogens (tertiary/aromatic N) is 1. The van der Waals surface area contributed by atoms with Gasteiger partial charge in [0.15, 0.2) is 0 Å². The van der Waals surface area contributed by atoms with Crippen LogP contribution in [0.15, 0.2) is 54.6 Å². The molecular weight excluding hydrogens is 336 g/mol. The highest BCUT2D eigenvalue weighted by Crippen LogP contribution is 2.23. The molecule has 4 heteroatoms. The fourth-order valence-electron chi connectivity index (χ4n) is 3.81. The van der Waals surface area contributed by atoms with E-state index in [4.69, 9.17) is 4.74 Å². The van der Waals surface area contributed by atoms with E-state index in [1.54, 1.807) is 0 Å². The third kappa shape index (κ3) is 6.10. The maximum Gasteiger partial charge on any atom is 0.417 e. The third-order valence-electron chi connectivity index (χ3n) is 5.34. The second kappa shape index (κ2) is 10.1. The van der Waals surface area contributed by atoms with Gasteiger partial charge < -0.3 is 9.64 Å². The largest absolute Gasteiger partial charge is 0.417 e. The number of hydrogen-bond donors (Lipinski definition) is 1. The van der Waals surface area contributed by atoms with Crippen LogP contribution < -0.4 is 10.1 Å². The lowest BCUT2D eigenvalue weighted by Crippen LogP contribution is -2.38. The molecule has 1 amide bonds. The topological polar surface area (TPSA) is 41.6 Å². The predicted molar refractivity (Wildman–Crippen MR) is 110 cm³/mol. The zero-order valence-electron chi connectivity index (χ0n) is 16.2. The molecule has 0 heterocycles. The molecule has 3 rings (SSSR count). The van der Waals surface area contributed by atoms with Gasteiger partial charge in [0, 0.05) is 18.3 Å². The molecule has 0 saturated heterocycles. The van der Waals surface area contributed by atoms with Gasteiger partial charge in [-0.2, -0.15) is 0 Å². The van der Waals surface area contributed by atoms with Crippen molar-refractivity contribution in [1.82, 2.24) is 4.90 Å². The van der Waals surface area contributed by atoms with Crippen molar-refractivity contribution in [3.8, 4) is 5.75 Å². The van der Waals surface area contributed by atoms with Gasteiger partial charge in [-0.15, -0.1) is 0 Å². The molecule has 27 heavy (non-hydrogen) atoms. The van der Waals surface area contributed by atoms with Gasteiger partial charge in [-0.05, 0) is 55.6 Å². The van der Waals surface area contributed by atoms with Crippen molar-refractivity contribution >= 4 is 11.8 Å². The molecule has 2 aromatic rings. The maximum atomic E-state index is 12.0. The van der Waals surface area contributed by atoms with Crippen LogP contribution in [0.25, 0.3) is 0 Å². The Morgan fingerprint density at radius 1 is 1.04 bits per heavy atom. The fourth-order valence-corrected chi connectivity index (χ4v) is 3.81. The monoisotopic (exact) mass is 366 g/mol. The number of para-hydroxylation sites is 1. The molecule has 144 valence electrons. The zero-order valence-corrected chi connectivity index (χ0v) is 16.2. The minimum atomic E-state index is -0.469. The predicted octanol–water partition coefficient (Wildman–Crippen LogP) is 5.49. The molecule has 4 nitrogen and oxygen atoms in total. The molecule has 1 fully saturated rings. The minimum absolute atomic E-state index is 0.469. The summed E-state index contributed by atoms with van der Waals surface area (Å²) in [4.78, 5) is 14.6. The Kier molecular flexibility index (Phi) is 7.28. The first-order valence-electron chi connectivity index (χ1n) is 10.1. The number of ether oxygens (including phenoxy) is 1. The van der Waals surface area contributed by atoms with Crippen molar-refractivity contribution in [3.05, 3.63) is 60.2 Å². The summed E-state index contributed by atoms with van der Waals surface area (Å²) in [6, 6.07) is 17.9. The zero-order chi connectivity index (χ0) is 18.9. The molecule has 1 saturated carbocycles. The van der Waals surface area contributed by atoms with Gasteiger partial charge in [0.25, 0.3) is 0 Å². The van der Waals surface area contributed by atoms with Gasteiger partial charge in [-0.25, -0.2) is 4.79 Å². The van der Waals surface area contributed by atoms with E-state index in [0.717, 1.165) is 31.2 Å². The summed E-state index contributed by atoms with van der Waals surface area (Å²) >= 11 is 0. The third-order valence-corrected chi connectivity index (χ3v) is 5.34. The first-order chi connectivity index (χ1) is 13.2. The van der Waals surface area contributed by atoms with Crippen molar-refractivity contribution in [3.63, 3.8) is 0 Å². The van der Waals surface area contributed by atoms with Crippen LogP contribution in [0.5, 0.6) is 5.75 Å². The Labute approximate surface area is 162 Å². The average Bonchev–Trinajstić information content (AvgIpc) is 2.71. The summed E-state index contributed by atoms with van der Waals surface area (Å²) < 4.78 is 5.35. The van der Waals surface area contributed by atoms with Crippen LogP contribution in [0.3, 0.4) is 0 Å². The van der Waals surface area contributed by atoms with E-state index in [0.29, 0.717) is 5.75 Å². The summed E-state index contributed by atoms with van der Waals surface area (Å²) in [5.74, 6) is 0.562. The molecule has 0 spiro atoms. The summed E-state index contributed by atoms with van der Waals surface area (Å²) in [6.45, 7) is 4.47. The minimum Gasteiger partial charge on any atom is -0.410 e. The normalized spacial score (nSPS) is 14.9. The SMILES string of the molecule is CCN(CCc1ccc(OC(=O)Nc2ccccc2)cc1)C1CCCCC1. The van der Waals surface area contributed by atoms with Gasteiger partial charge in [0.1, 0.15) is 5.75 Å². The van der Waals surface area contributed by atoms with Crippen LogP contribution in [0.1, 0.15) is 44.6 Å². The van der Waals surface area contributed by atoms with Gasteiger partial charge in [-0.1, -0.05) is 56.5 Å². The molecule has 1 N–H and O–H groups in total. The summed E-state index contributed by atoms with van der Waals surface area (Å²) in [6.07, 6.45) is 7.39. The van der Waals surface area contributed by atoms with Gasteiger partial charge in [-0.3, -0.25) is 5.32 Å². The number of carbonyl (C=O) groups is 1. The van der Waals surface area contributed by atoms with Crippen LogP contribution in [0, 0.1) is 0 Å². The van der Waals surface area contributed by atoms with Gasteiger partial charge in [0.2, 0.25) is 0 Å². The summed E-state index contributed by atoms with van der Waals surface area (Å²) in [5.41, 5.74) is 2.00. The standard InChI is InChI=1S/C23H30N2O2/c1-2-25(21-11-7-4-8-12-21)18-17-19-13-15-22(16-14-19)27-23(26)24-20-9-5-3-6-10-20/h3,5-6,9-10,13-16,21H,2,4,7-8,11-12,17-18H2,1H3,(H,24,26). The van der Waals surface area contributed by atoms with Crippen molar-refractivity contribution in [1.29, 1.82) is 0 Å². The maximum absolute atomic E-state index is 12.0. The highest BCUT2D eigenvalue weighted by atomic mass is 16.6. The van der Waals surface area contributed by atoms with E-state index in [1.165, 1.54) is 37.7 Å². The molecule has 0 aliphatic heterocycles. The molecule has 0 radical (unpaired) electrons. The number of amides is 1. The Bertz CT molecular complexity index is 694. The highest BCUT2D eigenvalue weighted by molar-refractivity contribution is 5.86. The molecule has 0 atom stereocenters. The molecule has 0 aromatic heterocycles. The summed E-state index contributed by atoms with van der Waals surface area (Å²) in [7, 11) is 0. The number of nitrogens with one attached hydrogen (secondary N) is 1. The van der Waals surface area contributed by atoms with E-state index >= 15 is 0 Å². The molecule has 0 bridgehead atoms. The lowest BCUT2D eigenvalue weighted by molar-refractivity contribution is 0.165. The molecular formula is C23H30N2O2. The van der Waals surface area contributed by atoms with E-state index < -0.39 is 6.09 Å². The van der Waals surface area contributed by atoms with Crippen LogP contribution in [-0.4, -0.2) is 30.1 Å². The van der Waals surface area contributed by atoms with Gasteiger partial charge >= 0.3 is 6.09 Å². The Balaban J connectivity index is 1.47. The molecule has 2 aromatic carbocycles. The molecule has 0 unspecified atom stereocenters. The van der Waals surface area contributed by atoms with Crippen LogP contribution in [0.4, 0.5) is 10.5 Å². The number of hydrogen-bond acceptors (Lipinski definition) is 3. The van der Waals surface area contributed by atoms with E-state index in [2.05, 4.69) is 29.3 Å². The van der Waals surface area contributed by atoms with Crippen LogP contribution in [-0.2, 0) is 6.42 Å². The fraction of sp³-hybridized carbons (Fsp3) is 0.435. The quantitative estimate of drug-likeness (QED) is 0.704. The Morgan fingerprint density at radius 2 is 1.74 bits per heavy atom. The second-order valence-corrected chi connectivity index (χ2v) is 7.19. The van der Waals surface area contributed by atoms with Crippen molar-refractivity contribution < 1.29 is 9.53 Å². The van der Waals surface area contributed by atoms with E-state index in [-0.39, 0.29) is 0 Å². The summed E-state index contributed by atoms with van der Waals surface area (Å²) in [5, 5.41) is 2.72. The molecule has 1 aliphatic carbocycles.